The Bertz CT molecular complexity index is 690. The van der Waals surface area contributed by atoms with E-state index in [2.05, 4.69) is 0 Å². The van der Waals surface area contributed by atoms with Gasteiger partial charge in [-0.1, -0.05) is 0 Å². The number of hydrogen-bond donors (Lipinski definition) is 0. The van der Waals surface area contributed by atoms with Crippen LogP contribution in [0, 0.1) is 6.92 Å². The van der Waals surface area contributed by atoms with Gasteiger partial charge in [0.1, 0.15) is 17.1 Å². The van der Waals surface area contributed by atoms with Crippen LogP contribution in [0.1, 0.15) is 24.9 Å². The van der Waals surface area contributed by atoms with Crippen LogP contribution in [-0.4, -0.2) is 32.6 Å². The highest BCUT2D eigenvalue weighted by Crippen LogP contribution is 2.25. The third kappa shape index (κ3) is 3.65. The minimum atomic E-state index is -0.610. The van der Waals surface area contributed by atoms with Gasteiger partial charge in [-0.2, -0.15) is 0 Å². The Morgan fingerprint density at radius 2 is 1.86 bits per heavy atom. The third-order valence-electron chi connectivity index (χ3n) is 2.98. The molecule has 0 spiro atoms. The molecule has 0 N–H and O–H groups in total. The topological polar surface area (TPSA) is 61.8 Å². The quantitative estimate of drug-likeness (QED) is 0.604. The third-order valence-corrected chi connectivity index (χ3v) is 4.02. The van der Waals surface area contributed by atoms with Crippen molar-refractivity contribution in [3.05, 3.63) is 45.6 Å². The zero-order valence-corrected chi connectivity index (χ0v) is 13.4. The fraction of sp³-hybridized carbons (Fsp3) is 0.250. The number of carbonyl (C=O) groups is 2. The number of benzene rings is 1. The molecule has 0 amide bonds. The summed E-state index contributed by atoms with van der Waals surface area (Å²) in [5, 5.41) is 0. The maximum atomic E-state index is 12.1. The summed E-state index contributed by atoms with van der Waals surface area (Å²) in [6, 6.07) is 8.33. The van der Waals surface area contributed by atoms with E-state index in [0.717, 1.165) is 4.88 Å². The van der Waals surface area contributed by atoms with Gasteiger partial charge in [-0.15, -0.1) is 11.3 Å². The summed E-state index contributed by atoms with van der Waals surface area (Å²) in [6.07, 6.45) is 0. The summed E-state index contributed by atoms with van der Waals surface area (Å²) in [6.45, 7) is 1.61. The molecule has 0 radical (unpaired) electrons. The molecule has 5 nitrogen and oxygen atoms in total. The summed E-state index contributed by atoms with van der Waals surface area (Å²) in [5.41, 5.74) is 0.249. The Hall–Kier alpha value is -2.34. The smallest absolute Gasteiger partial charge is 0.342 e. The van der Waals surface area contributed by atoms with Crippen molar-refractivity contribution >= 4 is 23.1 Å². The second kappa shape index (κ2) is 7.09. The van der Waals surface area contributed by atoms with Gasteiger partial charge in [0.15, 0.2) is 6.61 Å². The SMILES string of the molecule is COc1ccc(C(=O)OCC(=O)c2ccc(C)s2)c(OC)c1. The number of aryl methyl sites for hydroxylation is 1. The Kier molecular flexibility index (Phi) is 5.16. The van der Waals surface area contributed by atoms with Crippen molar-refractivity contribution in [1.82, 2.24) is 0 Å². The van der Waals surface area contributed by atoms with E-state index in [0.29, 0.717) is 16.4 Å². The standard InChI is InChI=1S/C16H16O5S/c1-10-4-7-15(22-10)13(17)9-21-16(18)12-6-5-11(19-2)8-14(12)20-3/h4-8H,9H2,1-3H3. The van der Waals surface area contributed by atoms with Crippen molar-refractivity contribution < 1.29 is 23.8 Å². The van der Waals surface area contributed by atoms with Crippen LogP contribution in [0.4, 0.5) is 0 Å². The first kappa shape index (κ1) is 16.0. The van der Waals surface area contributed by atoms with Gasteiger partial charge >= 0.3 is 5.97 Å². The van der Waals surface area contributed by atoms with E-state index in [1.165, 1.54) is 25.6 Å². The number of thiophene rings is 1. The number of Topliss-reactive ketones (excluding diaryl/α,β-unsaturated/α-hetero) is 1. The minimum Gasteiger partial charge on any atom is -0.497 e. The maximum absolute atomic E-state index is 12.1. The van der Waals surface area contributed by atoms with E-state index in [1.54, 1.807) is 24.3 Å². The van der Waals surface area contributed by atoms with Gasteiger partial charge in [-0.25, -0.2) is 4.79 Å². The van der Waals surface area contributed by atoms with Crippen LogP contribution in [0.5, 0.6) is 11.5 Å². The molecule has 2 aromatic rings. The van der Waals surface area contributed by atoms with Crippen LogP contribution in [0.2, 0.25) is 0 Å². The van der Waals surface area contributed by atoms with Crippen molar-refractivity contribution in [3.63, 3.8) is 0 Å². The largest absolute Gasteiger partial charge is 0.497 e. The van der Waals surface area contributed by atoms with Gasteiger partial charge in [-0.05, 0) is 31.2 Å². The van der Waals surface area contributed by atoms with Gasteiger partial charge < -0.3 is 14.2 Å². The van der Waals surface area contributed by atoms with E-state index in [4.69, 9.17) is 14.2 Å². The maximum Gasteiger partial charge on any atom is 0.342 e. The van der Waals surface area contributed by atoms with Gasteiger partial charge in [0.25, 0.3) is 0 Å². The zero-order chi connectivity index (χ0) is 16.1. The first-order valence-corrected chi connectivity index (χ1v) is 7.35. The summed E-state index contributed by atoms with van der Waals surface area (Å²) in [5.74, 6) is 0.0716. The summed E-state index contributed by atoms with van der Waals surface area (Å²) in [4.78, 5) is 25.6. The number of esters is 1. The zero-order valence-electron chi connectivity index (χ0n) is 12.5. The van der Waals surface area contributed by atoms with E-state index in [-0.39, 0.29) is 18.0 Å². The van der Waals surface area contributed by atoms with E-state index in [9.17, 15) is 9.59 Å². The number of rotatable bonds is 6. The second-order valence-electron chi connectivity index (χ2n) is 4.48. The Balaban J connectivity index is 2.04. The predicted molar refractivity (Wildman–Crippen MR) is 83.2 cm³/mol. The average molecular weight is 320 g/mol. The first-order chi connectivity index (χ1) is 10.5. The normalized spacial score (nSPS) is 10.1. The molecular formula is C16H16O5S. The molecular weight excluding hydrogens is 304 g/mol. The van der Waals surface area contributed by atoms with Gasteiger partial charge in [0.05, 0.1) is 19.1 Å². The second-order valence-corrected chi connectivity index (χ2v) is 5.76. The number of ketones is 1. The van der Waals surface area contributed by atoms with Crippen LogP contribution >= 0.6 is 11.3 Å². The number of methoxy groups -OCH3 is 2. The highest BCUT2D eigenvalue weighted by atomic mass is 32.1. The van der Waals surface area contributed by atoms with E-state index in [1.807, 2.05) is 13.0 Å². The van der Waals surface area contributed by atoms with Crippen LogP contribution in [0.15, 0.2) is 30.3 Å². The summed E-state index contributed by atoms with van der Waals surface area (Å²) >= 11 is 1.37. The minimum absolute atomic E-state index is 0.223. The van der Waals surface area contributed by atoms with Crippen LogP contribution in [0.3, 0.4) is 0 Å². The van der Waals surface area contributed by atoms with Crippen LogP contribution in [-0.2, 0) is 4.74 Å². The van der Waals surface area contributed by atoms with Gasteiger partial charge in [-0.3, -0.25) is 4.79 Å². The van der Waals surface area contributed by atoms with Crippen LogP contribution in [0.25, 0.3) is 0 Å². The molecule has 1 aromatic heterocycles. The van der Waals surface area contributed by atoms with Crippen molar-refractivity contribution in [2.24, 2.45) is 0 Å². The molecule has 0 aliphatic rings. The molecule has 0 saturated heterocycles. The summed E-state index contributed by atoms with van der Waals surface area (Å²) < 4.78 is 15.3. The molecule has 0 bridgehead atoms. The highest BCUT2D eigenvalue weighted by molar-refractivity contribution is 7.14. The van der Waals surface area contributed by atoms with Crippen molar-refractivity contribution in [2.45, 2.75) is 6.92 Å². The molecule has 1 aromatic carbocycles. The molecule has 2 rings (SSSR count). The van der Waals surface area contributed by atoms with E-state index >= 15 is 0 Å². The molecule has 22 heavy (non-hydrogen) atoms. The number of ether oxygens (including phenoxy) is 3. The summed E-state index contributed by atoms with van der Waals surface area (Å²) in [7, 11) is 2.97. The van der Waals surface area contributed by atoms with Crippen molar-refractivity contribution in [3.8, 4) is 11.5 Å². The molecule has 0 aliphatic heterocycles. The lowest BCUT2D eigenvalue weighted by Gasteiger charge is -2.09. The van der Waals surface area contributed by atoms with Crippen molar-refractivity contribution in [2.75, 3.05) is 20.8 Å². The fourth-order valence-electron chi connectivity index (χ4n) is 1.83. The first-order valence-electron chi connectivity index (χ1n) is 6.54. The number of hydrogen-bond acceptors (Lipinski definition) is 6. The lowest BCUT2D eigenvalue weighted by atomic mass is 10.2. The molecule has 1 heterocycles. The molecule has 6 heteroatoms. The molecule has 116 valence electrons. The van der Waals surface area contributed by atoms with Crippen molar-refractivity contribution in [1.29, 1.82) is 0 Å². The van der Waals surface area contributed by atoms with Crippen LogP contribution < -0.4 is 9.47 Å². The molecule has 0 saturated carbocycles. The monoisotopic (exact) mass is 320 g/mol. The van der Waals surface area contributed by atoms with Gasteiger partial charge in [0.2, 0.25) is 5.78 Å². The Morgan fingerprint density at radius 1 is 1.09 bits per heavy atom. The molecule has 0 aliphatic carbocycles. The molecule has 0 atom stereocenters. The molecule has 0 unspecified atom stereocenters. The van der Waals surface area contributed by atoms with Gasteiger partial charge in [0, 0.05) is 10.9 Å². The average Bonchev–Trinajstić information content (AvgIpc) is 2.98. The van der Waals surface area contributed by atoms with E-state index < -0.39 is 5.97 Å². The lowest BCUT2D eigenvalue weighted by molar-refractivity contribution is 0.0472. The fourth-order valence-corrected chi connectivity index (χ4v) is 2.62. The number of carbonyl (C=O) groups excluding carboxylic acids is 2. The Morgan fingerprint density at radius 3 is 2.45 bits per heavy atom. The highest BCUT2D eigenvalue weighted by Gasteiger charge is 2.17. The predicted octanol–water partition coefficient (Wildman–Crippen LogP) is 3.11. The molecule has 0 fully saturated rings. The Labute approximate surface area is 132 Å². The lowest BCUT2D eigenvalue weighted by Crippen LogP contribution is -2.14.